The Hall–Kier alpha value is -3.48. The second-order valence-electron chi connectivity index (χ2n) is 11.7. The van der Waals surface area contributed by atoms with Crippen LogP contribution in [-0.2, 0) is 19.5 Å². The van der Waals surface area contributed by atoms with Crippen LogP contribution >= 0.6 is 0 Å². The number of nitrogens with zero attached hydrogens (tertiary/aromatic N) is 6. The third kappa shape index (κ3) is 5.70. The zero-order valence-corrected chi connectivity index (χ0v) is 25.2. The van der Waals surface area contributed by atoms with Gasteiger partial charge in [0.2, 0.25) is 0 Å². The van der Waals surface area contributed by atoms with Crippen molar-refractivity contribution in [3.05, 3.63) is 30.7 Å². The van der Waals surface area contributed by atoms with Crippen molar-refractivity contribution in [1.82, 2.24) is 23.5 Å². The zero-order valence-electron chi connectivity index (χ0n) is 24.4. The van der Waals surface area contributed by atoms with Crippen LogP contribution in [0.1, 0.15) is 53.2 Å². The van der Waals surface area contributed by atoms with Gasteiger partial charge in [0.1, 0.15) is 21.9 Å². The van der Waals surface area contributed by atoms with E-state index in [-0.39, 0.29) is 10.9 Å². The summed E-state index contributed by atoms with van der Waals surface area (Å²) in [6.07, 6.45) is 3.22. The summed E-state index contributed by atoms with van der Waals surface area (Å²) >= 11 is 0. The van der Waals surface area contributed by atoms with Gasteiger partial charge >= 0.3 is 12.1 Å². The number of rotatable bonds is 7. The number of fused-ring (bicyclic) bond motifs is 1. The zero-order chi connectivity index (χ0) is 29.6. The van der Waals surface area contributed by atoms with Crippen molar-refractivity contribution in [1.29, 1.82) is 0 Å². The number of sulfonamides is 1. The maximum Gasteiger partial charge on any atom is 0.424 e. The molecule has 0 aromatic carbocycles. The van der Waals surface area contributed by atoms with Gasteiger partial charge in [-0.05, 0) is 53.5 Å². The molecule has 220 valence electrons. The Morgan fingerprint density at radius 2 is 1.77 bits per heavy atom. The second kappa shape index (κ2) is 10.5. The van der Waals surface area contributed by atoms with Crippen molar-refractivity contribution >= 4 is 39.2 Å². The lowest BCUT2D eigenvalue weighted by Gasteiger charge is -2.37. The molecule has 0 N–H and O–H groups in total. The molecule has 0 bridgehead atoms. The van der Waals surface area contributed by atoms with Gasteiger partial charge in [-0.3, -0.25) is 4.40 Å². The summed E-state index contributed by atoms with van der Waals surface area (Å²) < 4.78 is 42.2. The van der Waals surface area contributed by atoms with Crippen LogP contribution < -0.4 is 4.90 Å². The fraction of sp³-hybridized carbons (Fsp3) is 0.593. The Morgan fingerprint density at radius 3 is 2.30 bits per heavy atom. The first-order valence-corrected chi connectivity index (χ1v) is 14.9. The van der Waals surface area contributed by atoms with E-state index in [0.717, 1.165) is 4.31 Å². The fourth-order valence-electron chi connectivity index (χ4n) is 4.70. The van der Waals surface area contributed by atoms with E-state index in [9.17, 15) is 18.0 Å². The number of carbonyl (C=O) groups is 2. The van der Waals surface area contributed by atoms with Gasteiger partial charge in [-0.2, -0.15) is 4.31 Å². The Bertz CT molecular complexity index is 1410. The van der Waals surface area contributed by atoms with Crippen LogP contribution in [-0.4, -0.2) is 102 Å². The summed E-state index contributed by atoms with van der Waals surface area (Å²) in [7, 11) is -0.929. The van der Waals surface area contributed by atoms with E-state index < -0.39 is 27.3 Å². The predicted molar refractivity (Wildman–Crippen MR) is 152 cm³/mol. The number of amides is 3. The second-order valence-corrected chi connectivity index (χ2v) is 13.4. The Morgan fingerprint density at radius 1 is 1.15 bits per heavy atom. The molecule has 0 unspecified atom stereocenters. The molecule has 1 saturated heterocycles. The summed E-state index contributed by atoms with van der Waals surface area (Å²) in [4.78, 5) is 35.6. The van der Waals surface area contributed by atoms with Crippen LogP contribution in [0.2, 0.25) is 0 Å². The van der Waals surface area contributed by atoms with Gasteiger partial charge in [0.25, 0.3) is 10.0 Å². The molecule has 40 heavy (non-hydrogen) atoms. The third-order valence-corrected chi connectivity index (χ3v) is 8.89. The van der Waals surface area contributed by atoms with Crippen molar-refractivity contribution in [2.75, 3.05) is 51.8 Å². The van der Waals surface area contributed by atoms with Gasteiger partial charge in [-0.1, -0.05) is 6.58 Å². The molecule has 1 aliphatic heterocycles. The van der Waals surface area contributed by atoms with E-state index in [1.54, 1.807) is 63.4 Å². The predicted octanol–water partition coefficient (Wildman–Crippen LogP) is 3.62. The van der Waals surface area contributed by atoms with Crippen LogP contribution in [0, 0.1) is 0 Å². The molecule has 13 heteroatoms. The van der Waals surface area contributed by atoms with Gasteiger partial charge in [0.05, 0.1) is 24.0 Å². The highest BCUT2D eigenvalue weighted by atomic mass is 32.2. The summed E-state index contributed by atoms with van der Waals surface area (Å²) in [6.45, 7) is 14.9. The molecule has 1 aliphatic carbocycles. The lowest BCUT2D eigenvalue weighted by molar-refractivity contribution is 0.0331. The molecule has 2 aromatic heterocycles. The number of imidazole rings is 1. The largest absolute Gasteiger partial charge is 0.492 e. The summed E-state index contributed by atoms with van der Waals surface area (Å²) in [5.41, 5.74) is -0.164. The highest BCUT2D eigenvalue weighted by Gasteiger charge is 2.53. The number of urea groups is 1. The van der Waals surface area contributed by atoms with Crippen LogP contribution in [0.25, 0.3) is 11.4 Å². The molecule has 0 atom stereocenters. The SMILES string of the molecule is C=C(OCC)c1cnc2c(N3CCN(C(=O)N(C)C)CC3)cc(S(=O)(=O)N(C(=O)OC(C)(C)C)C3(C)CC3)cn12. The number of hydrogen-bond acceptors (Lipinski definition) is 8. The standard InChI is InChI=1S/C27H40N6O6S/c1-9-38-19(2)22-17-28-23-21(30-12-14-31(15-13-30)24(34)29(7)8)16-20(18-32(22)23)40(36,37)33(27(6)10-11-27)25(35)39-26(3,4)5/h16-18H,2,9-15H2,1,3-8H3. The molecule has 0 radical (unpaired) electrons. The monoisotopic (exact) mass is 576 g/mol. The van der Waals surface area contributed by atoms with E-state index >= 15 is 0 Å². The quantitative estimate of drug-likeness (QED) is 0.459. The molecular formula is C27H40N6O6S. The van der Waals surface area contributed by atoms with Gasteiger partial charge < -0.3 is 24.2 Å². The van der Waals surface area contributed by atoms with Crippen LogP contribution in [0.4, 0.5) is 15.3 Å². The van der Waals surface area contributed by atoms with Gasteiger partial charge in [0.15, 0.2) is 5.65 Å². The highest BCUT2D eigenvalue weighted by Crippen LogP contribution is 2.45. The topological polar surface area (TPSA) is 117 Å². The average Bonchev–Trinajstić information content (AvgIpc) is 3.43. The van der Waals surface area contributed by atoms with Crippen LogP contribution in [0.3, 0.4) is 0 Å². The average molecular weight is 577 g/mol. The van der Waals surface area contributed by atoms with Gasteiger partial charge in [-0.15, -0.1) is 0 Å². The number of pyridine rings is 1. The van der Waals surface area contributed by atoms with E-state index in [0.29, 0.717) is 68.4 Å². The first-order chi connectivity index (χ1) is 18.6. The number of hydrogen-bond donors (Lipinski definition) is 0. The number of anilines is 1. The third-order valence-electron chi connectivity index (χ3n) is 7.00. The first kappa shape index (κ1) is 29.5. The molecule has 12 nitrogen and oxygen atoms in total. The summed E-state index contributed by atoms with van der Waals surface area (Å²) in [5.74, 6) is 0.343. The number of ether oxygens (including phenoxy) is 2. The first-order valence-electron chi connectivity index (χ1n) is 13.4. The van der Waals surface area contributed by atoms with Crippen molar-refractivity contribution in [3.63, 3.8) is 0 Å². The minimum Gasteiger partial charge on any atom is -0.492 e. The number of carbonyl (C=O) groups excluding carboxylic acids is 2. The van der Waals surface area contributed by atoms with Gasteiger partial charge in [0, 0.05) is 46.5 Å². The van der Waals surface area contributed by atoms with E-state index in [1.807, 2.05) is 11.8 Å². The fourth-order valence-corrected chi connectivity index (χ4v) is 6.40. The maximum atomic E-state index is 14.2. The normalized spacial score (nSPS) is 17.0. The highest BCUT2D eigenvalue weighted by molar-refractivity contribution is 7.89. The Kier molecular flexibility index (Phi) is 7.74. The smallest absolute Gasteiger partial charge is 0.424 e. The molecule has 2 aliphatic rings. The van der Waals surface area contributed by atoms with Crippen molar-refractivity contribution in [2.45, 2.75) is 63.5 Å². The molecule has 3 amide bonds. The molecule has 2 aromatic rings. The van der Waals surface area contributed by atoms with Crippen LogP contribution in [0.5, 0.6) is 0 Å². The minimum atomic E-state index is -4.35. The molecule has 0 spiro atoms. The Balaban J connectivity index is 1.82. The number of aromatic nitrogens is 2. The van der Waals surface area contributed by atoms with Crippen molar-refractivity contribution in [3.8, 4) is 0 Å². The molecular weight excluding hydrogens is 536 g/mol. The molecule has 4 rings (SSSR count). The summed E-state index contributed by atoms with van der Waals surface area (Å²) in [6, 6.07) is 1.47. The minimum absolute atomic E-state index is 0.0793. The van der Waals surface area contributed by atoms with Gasteiger partial charge in [-0.25, -0.2) is 23.0 Å². The van der Waals surface area contributed by atoms with Crippen molar-refractivity contribution in [2.24, 2.45) is 0 Å². The maximum absolute atomic E-state index is 14.2. The Labute approximate surface area is 236 Å². The number of piperazine rings is 1. The molecule has 3 heterocycles. The van der Waals surface area contributed by atoms with E-state index in [4.69, 9.17) is 9.47 Å². The lowest BCUT2D eigenvalue weighted by atomic mass is 10.2. The van der Waals surface area contributed by atoms with Crippen LogP contribution in [0.15, 0.2) is 29.9 Å². The molecule has 2 fully saturated rings. The van der Waals surface area contributed by atoms with E-state index in [2.05, 4.69) is 11.6 Å². The van der Waals surface area contributed by atoms with Crippen molar-refractivity contribution < 1.29 is 27.5 Å². The molecule has 1 saturated carbocycles. The lowest BCUT2D eigenvalue weighted by Crippen LogP contribution is -2.51. The summed E-state index contributed by atoms with van der Waals surface area (Å²) in [5, 5.41) is 0. The van der Waals surface area contributed by atoms with E-state index in [1.165, 1.54) is 11.1 Å².